The number of pyridine rings is 1. The molecule has 1 aromatic rings. The van der Waals surface area contributed by atoms with Gasteiger partial charge in [0.1, 0.15) is 5.60 Å². The molecule has 0 unspecified atom stereocenters. The average Bonchev–Trinajstić information content (AvgIpc) is 2.18. The molecule has 0 aromatic carbocycles. The summed E-state index contributed by atoms with van der Waals surface area (Å²) in [5.41, 5.74) is 5.26. The highest BCUT2D eigenvalue weighted by Crippen LogP contribution is 2.05. The first kappa shape index (κ1) is 13.2. The molecule has 1 amide bonds. The molecule has 1 heterocycles. The molecule has 0 spiro atoms. The van der Waals surface area contributed by atoms with Crippen molar-refractivity contribution in [1.82, 2.24) is 15.8 Å². The lowest BCUT2D eigenvalue weighted by atomic mass is 10.2. The first-order valence-electron chi connectivity index (χ1n) is 5.26. The molecule has 0 aliphatic carbocycles. The van der Waals surface area contributed by atoms with Gasteiger partial charge in [0, 0.05) is 18.8 Å². The van der Waals surface area contributed by atoms with Gasteiger partial charge in [-0.3, -0.25) is 10.2 Å². The fourth-order valence-corrected chi connectivity index (χ4v) is 1.07. The zero-order valence-electron chi connectivity index (χ0n) is 10.2. The number of rotatable bonds is 3. The molecular weight excluding hydrogens is 222 g/mol. The van der Waals surface area contributed by atoms with Crippen LogP contribution in [0.2, 0.25) is 0 Å². The van der Waals surface area contributed by atoms with E-state index < -0.39 is 11.7 Å². The van der Waals surface area contributed by atoms with Crippen molar-refractivity contribution in [2.45, 2.75) is 32.9 Å². The summed E-state index contributed by atoms with van der Waals surface area (Å²) >= 11 is 0. The maximum atomic E-state index is 11.2. The van der Waals surface area contributed by atoms with E-state index in [1.807, 2.05) is 0 Å². The quantitative estimate of drug-likeness (QED) is 0.684. The van der Waals surface area contributed by atoms with Crippen LogP contribution in [-0.2, 0) is 11.3 Å². The molecule has 17 heavy (non-hydrogen) atoms. The Balaban J connectivity index is 2.31. The van der Waals surface area contributed by atoms with Crippen LogP contribution in [0.1, 0.15) is 26.3 Å². The van der Waals surface area contributed by atoms with Crippen LogP contribution >= 0.6 is 0 Å². The molecule has 3 N–H and O–H groups in total. The summed E-state index contributed by atoms with van der Waals surface area (Å²) in [6.45, 7) is 5.76. The number of amides is 1. The smallest absolute Gasteiger partial charge is 0.422 e. The maximum absolute atomic E-state index is 11.2. The topological polar surface area (TPSA) is 83.2 Å². The van der Waals surface area contributed by atoms with Gasteiger partial charge in [0.2, 0.25) is 5.56 Å². The summed E-state index contributed by atoms with van der Waals surface area (Å²) < 4.78 is 5.02. The van der Waals surface area contributed by atoms with Gasteiger partial charge in [0.25, 0.3) is 0 Å². The molecule has 6 nitrogen and oxygen atoms in total. The Bertz CT molecular complexity index is 414. The Morgan fingerprint density at radius 3 is 2.65 bits per heavy atom. The number of carbonyl (C=O) groups is 1. The van der Waals surface area contributed by atoms with Gasteiger partial charge in [-0.15, -0.1) is 0 Å². The fourth-order valence-electron chi connectivity index (χ4n) is 1.07. The van der Waals surface area contributed by atoms with Crippen LogP contribution in [-0.4, -0.2) is 16.7 Å². The Kier molecular flexibility index (Phi) is 4.28. The third-order valence-electron chi connectivity index (χ3n) is 1.73. The summed E-state index contributed by atoms with van der Waals surface area (Å²) in [7, 11) is 0. The van der Waals surface area contributed by atoms with E-state index in [2.05, 4.69) is 15.8 Å². The second kappa shape index (κ2) is 5.49. The molecule has 0 fully saturated rings. The number of hydrogen-bond acceptors (Lipinski definition) is 4. The van der Waals surface area contributed by atoms with Gasteiger partial charge < -0.3 is 9.72 Å². The van der Waals surface area contributed by atoms with Gasteiger partial charge in [-0.25, -0.2) is 10.2 Å². The van der Waals surface area contributed by atoms with E-state index in [4.69, 9.17) is 4.74 Å². The normalized spacial score (nSPS) is 11.0. The third kappa shape index (κ3) is 5.72. The van der Waals surface area contributed by atoms with Crippen molar-refractivity contribution in [1.29, 1.82) is 0 Å². The van der Waals surface area contributed by atoms with Crippen molar-refractivity contribution in [3.8, 4) is 0 Å². The van der Waals surface area contributed by atoms with E-state index in [0.29, 0.717) is 6.54 Å². The number of aromatic nitrogens is 1. The molecule has 6 heteroatoms. The van der Waals surface area contributed by atoms with Gasteiger partial charge >= 0.3 is 6.09 Å². The lowest BCUT2D eigenvalue weighted by molar-refractivity contribution is 0.0497. The highest BCUT2D eigenvalue weighted by atomic mass is 16.6. The van der Waals surface area contributed by atoms with E-state index in [-0.39, 0.29) is 5.56 Å². The van der Waals surface area contributed by atoms with Crippen LogP contribution in [0.5, 0.6) is 0 Å². The monoisotopic (exact) mass is 239 g/mol. The van der Waals surface area contributed by atoms with Gasteiger partial charge in [0.05, 0.1) is 0 Å². The lowest BCUT2D eigenvalue weighted by Gasteiger charge is -2.19. The summed E-state index contributed by atoms with van der Waals surface area (Å²) in [6, 6.07) is 3.09. The minimum absolute atomic E-state index is 0.158. The van der Waals surface area contributed by atoms with Crippen molar-refractivity contribution in [3.05, 3.63) is 34.2 Å². The van der Waals surface area contributed by atoms with Crippen LogP contribution in [0.15, 0.2) is 23.1 Å². The molecule has 0 saturated carbocycles. The molecule has 0 radical (unpaired) electrons. The zero-order valence-corrected chi connectivity index (χ0v) is 10.2. The molecule has 0 aliphatic heterocycles. The molecule has 1 aromatic heterocycles. The number of ether oxygens (including phenoxy) is 1. The number of hydrazine groups is 1. The number of H-pyrrole nitrogens is 1. The highest BCUT2D eigenvalue weighted by Gasteiger charge is 2.15. The van der Waals surface area contributed by atoms with Crippen LogP contribution < -0.4 is 16.4 Å². The van der Waals surface area contributed by atoms with Crippen LogP contribution in [0, 0.1) is 0 Å². The van der Waals surface area contributed by atoms with Crippen LogP contribution in [0.25, 0.3) is 0 Å². The molecule has 0 aliphatic rings. The highest BCUT2D eigenvalue weighted by molar-refractivity contribution is 5.66. The molecule has 0 bridgehead atoms. The van der Waals surface area contributed by atoms with Gasteiger partial charge in [-0.1, -0.05) is 6.07 Å². The predicted molar refractivity (Wildman–Crippen MR) is 63.3 cm³/mol. The van der Waals surface area contributed by atoms with Gasteiger partial charge in [-0.05, 0) is 26.3 Å². The Morgan fingerprint density at radius 2 is 2.12 bits per heavy atom. The standard InChI is InChI=1S/C11H17N3O3/c1-11(2,3)17-10(16)14-13-7-8-4-5-9(15)12-6-8/h4-6,13H,7H2,1-3H3,(H,12,15)(H,14,16). The van der Waals surface area contributed by atoms with E-state index in [0.717, 1.165) is 5.56 Å². The number of nitrogens with one attached hydrogen (secondary N) is 3. The number of carbonyl (C=O) groups excluding carboxylic acids is 1. The Hall–Kier alpha value is -1.82. The first-order valence-corrected chi connectivity index (χ1v) is 5.26. The van der Waals surface area contributed by atoms with E-state index in [1.54, 1.807) is 33.0 Å². The predicted octanol–water partition coefficient (Wildman–Crippen LogP) is 0.904. The largest absolute Gasteiger partial charge is 0.443 e. The third-order valence-corrected chi connectivity index (χ3v) is 1.73. The molecular formula is C11H17N3O3. The lowest BCUT2D eigenvalue weighted by Crippen LogP contribution is -2.40. The summed E-state index contributed by atoms with van der Waals surface area (Å²) in [4.78, 5) is 24.6. The number of aromatic amines is 1. The van der Waals surface area contributed by atoms with Crippen molar-refractivity contribution in [3.63, 3.8) is 0 Å². The molecule has 0 saturated heterocycles. The van der Waals surface area contributed by atoms with Crippen molar-refractivity contribution in [2.75, 3.05) is 0 Å². The molecule has 94 valence electrons. The Labute approximate surface area is 99.3 Å². The van der Waals surface area contributed by atoms with Gasteiger partial charge in [0.15, 0.2) is 0 Å². The molecule has 1 rings (SSSR count). The van der Waals surface area contributed by atoms with Crippen molar-refractivity contribution >= 4 is 6.09 Å². The summed E-state index contributed by atoms with van der Waals surface area (Å²) in [6.07, 6.45) is 1.04. The van der Waals surface area contributed by atoms with Crippen LogP contribution in [0.3, 0.4) is 0 Å². The minimum atomic E-state index is -0.540. The van der Waals surface area contributed by atoms with Gasteiger partial charge in [-0.2, -0.15) is 0 Å². The first-order chi connectivity index (χ1) is 7.87. The average molecular weight is 239 g/mol. The Morgan fingerprint density at radius 1 is 1.41 bits per heavy atom. The van der Waals surface area contributed by atoms with E-state index in [9.17, 15) is 9.59 Å². The zero-order chi connectivity index (χ0) is 12.9. The summed E-state index contributed by atoms with van der Waals surface area (Å²) in [5, 5.41) is 0. The van der Waals surface area contributed by atoms with Crippen molar-refractivity contribution < 1.29 is 9.53 Å². The van der Waals surface area contributed by atoms with Crippen molar-refractivity contribution in [2.24, 2.45) is 0 Å². The SMILES string of the molecule is CC(C)(C)OC(=O)NNCc1ccc(=O)[nH]c1. The second-order valence-electron chi connectivity index (χ2n) is 4.54. The van der Waals surface area contributed by atoms with E-state index >= 15 is 0 Å². The maximum Gasteiger partial charge on any atom is 0.422 e. The second-order valence-corrected chi connectivity index (χ2v) is 4.54. The summed E-state index contributed by atoms with van der Waals surface area (Å²) in [5.74, 6) is 0. The fraction of sp³-hybridized carbons (Fsp3) is 0.455. The van der Waals surface area contributed by atoms with E-state index in [1.165, 1.54) is 6.07 Å². The minimum Gasteiger partial charge on any atom is -0.443 e. The molecule has 0 atom stereocenters. The van der Waals surface area contributed by atoms with Crippen LogP contribution in [0.4, 0.5) is 4.79 Å². The number of hydrogen-bond donors (Lipinski definition) is 3.